The molecule has 0 saturated heterocycles. The fraction of sp³-hybridized carbons (Fsp3) is 0. The fourth-order valence-electron chi connectivity index (χ4n) is 0.589. The van der Waals surface area contributed by atoms with Gasteiger partial charge in [0.05, 0.1) is 0 Å². The molecule has 0 spiro atoms. The van der Waals surface area contributed by atoms with Gasteiger partial charge in [-0.15, -0.1) is 0 Å². The first-order valence-electron chi connectivity index (χ1n) is 2.75. The first-order chi connectivity index (χ1) is 4.79. The number of para-hydroxylation sites is 1. The van der Waals surface area contributed by atoms with Crippen LogP contribution in [0.2, 0.25) is 0 Å². The van der Waals surface area contributed by atoms with Crippen molar-refractivity contribution in [1.82, 2.24) is 0 Å². The summed E-state index contributed by atoms with van der Waals surface area (Å²) in [6, 6.07) is 8.53. The molecule has 0 fully saturated rings. The molecule has 1 N–H and O–H groups in total. The van der Waals surface area contributed by atoms with Crippen LogP contribution in [0, 0.1) is 0 Å². The molecule has 0 amide bonds. The fourth-order valence-corrected chi connectivity index (χ4v) is 0.927. The molecule has 0 aliphatic rings. The van der Waals surface area contributed by atoms with Crippen LogP contribution in [0.1, 0.15) is 0 Å². The van der Waals surface area contributed by atoms with E-state index in [2.05, 4.69) is 4.52 Å². The van der Waals surface area contributed by atoms with Gasteiger partial charge < -0.3 is 9.42 Å². The van der Waals surface area contributed by atoms with Gasteiger partial charge in [0.15, 0.2) is 0 Å². The van der Waals surface area contributed by atoms with Gasteiger partial charge in [0.25, 0.3) is 0 Å². The summed E-state index contributed by atoms with van der Waals surface area (Å²) in [6.45, 7) is 0. The Morgan fingerprint density at radius 1 is 1.17 bits per heavy atom. The van der Waals surface area contributed by atoms with Crippen LogP contribution >= 0.6 is 8.25 Å². The van der Waals surface area contributed by atoms with E-state index in [4.69, 9.17) is 4.89 Å². The van der Waals surface area contributed by atoms with Gasteiger partial charge in [-0.3, -0.25) is 0 Å². The zero-order chi connectivity index (χ0) is 7.40. The Morgan fingerprint density at radius 3 is 2.08 bits per heavy atom. The third-order valence-corrected chi connectivity index (χ3v) is 1.36. The Kier molecular flexibility index (Phi) is 14.1. The monoisotopic (exact) mass is 238 g/mol. The molecular weight excluding hydrogens is 229 g/mol. The van der Waals surface area contributed by atoms with E-state index in [-0.39, 0.29) is 103 Å². The average molecular weight is 238 g/mol. The van der Waals surface area contributed by atoms with Crippen molar-refractivity contribution in [1.29, 1.82) is 0 Å². The summed E-state index contributed by atoms with van der Waals surface area (Å²) in [6.07, 6.45) is 0. The number of rotatable bonds is 2. The molecule has 12 heavy (non-hydrogen) atoms. The molecule has 1 unspecified atom stereocenters. The minimum absolute atomic E-state index is 0. The second-order valence-corrected chi connectivity index (χ2v) is 2.42. The summed E-state index contributed by atoms with van der Waals surface area (Å²) in [7, 11) is -2.84. The van der Waals surface area contributed by atoms with Gasteiger partial charge in [0.1, 0.15) is 5.75 Å². The third kappa shape index (κ3) is 7.85. The van der Waals surface area contributed by atoms with Gasteiger partial charge in [0.2, 0.25) is 0 Å². The Bertz CT molecular complexity index is 229. The van der Waals surface area contributed by atoms with Crippen molar-refractivity contribution in [2.75, 3.05) is 0 Å². The van der Waals surface area contributed by atoms with Gasteiger partial charge in [0, 0.05) is 0 Å². The van der Waals surface area contributed by atoms with Gasteiger partial charge in [-0.2, -0.15) is 0 Å². The maximum atomic E-state index is 10.1. The molecule has 1 aromatic carbocycles. The van der Waals surface area contributed by atoms with Crippen molar-refractivity contribution >= 4 is 111 Å². The van der Waals surface area contributed by atoms with Crippen LogP contribution in [-0.2, 0) is 4.57 Å². The average Bonchev–Trinajstić information content (AvgIpc) is 1.88. The van der Waals surface area contributed by atoms with Crippen molar-refractivity contribution < 1.29 is 14.0 Å². The molecule has 0 saturated carbocycles. The van der Waals surface area contributed by atoms with E-state index in [1.54, 1.807) is 30.3 Å². The van der Waals surface area contributed by atoms with E-state index >= 15 is 0 Å². The van der Waals surface area contributed by atoms with Gasteiger partial charge in [-0.25, -0.2) is 4.57 Å². The van der Waals surface area contributed by atoms with E-state index in [0.717, 1.165) is 0 Å². The molecule has 1 rings (SSSR count). The van der Waals surface area contributed by atoms with E-state index in [1.807, 2.05) is 0 Å². The third-order valence-electron chi connectivity index (χ3n) is 0.948. The van der Waals surface area contributed by atoms with E-state index in [0.29, 0.717) is 5.75 Å². The van der Waals surface area contributed by atoms with E-state index < -0.39 is 8.25 Å². The zero-order valence-electron chi connectivity index (χ0n) is 5.15. The van der Waals surface area contributed by atoms with Crippen LogP contribution < -0.4 is 4.52 Å². The maximum absolute atomic E-state index is 10.1. The molecule has 0 bridgehead atoms. The summed E-state index contributed by atoms with van der Waals surface area (Å²) >= 11 is 0. The Morgan fingerprint density at radius 2 is 1.67 bits per heavy atom. The molecule has 0 aliphatic heterocycles. The molecule has 3 nitrogen and oxygen atoms in total. The summed E-state index contributed by atoms with van der Waals surface area (Å²) in [5.41, 5.74) is 0. The van der Waals surface area contributed by atoms with Crippen LogP contribution in [0.25, 0.3) is 0 Å². The number of hydrogen-bond acceptors (Lipinski definition) is 2. The van der Waals surface area contributed by atoms with Crippen LogP contribution in [0.15, 0.2) is 30.3 Å². The minimum atomic E-state index is -2.84. The molecule has 0 heterocycles. The first kappa shape index (κ1) is 16.9. The van der Waals surface area contributed by atoms with Crippen LogP contribution in [0.3, 0.4) is 0 Å². The predicted octanol–water partition coefficient (Wildman–Crippen LogP) is 0.150. The molecule has 6 heteroatoms. The second kappa shape index (κ2) is 10.0. The van der Waals surface area contributed by atoms with Crippen LogP contribution in [-0.4, -0.2) is 108 Å². The van der Waals surface area contributed by atoms with Crippen molar-refractivity contribution in [3.63, 3.8) is 0 Å². The SMILES string of the molecule is O=[PH](O)Oc1ccccc1.[KH].[KH]. The van der Waals surface area contributed by atoms with Crippen LogP contribution in [0.5, 0.6) is 5.75 Å². The van der Waals surface area contributed by atoms with Crippen LogP contribution in [0.4, 0.5) is 0 Å². The van der Waals surface area contributed by atoms with Gasteiger partial charge >= 0.3 is 111 Å². The topological polar surface area (TPSA) is 46.5 Å². The number of hydrogen-bond donors (Lipinski definition) is 1. The zero-order valence-corrected chi connectivity index (χ0v) is 6.15. The second-order valence-electron chi connectivity index (χ2n) is 1.68. The molecule has 0 aromatic heterocycles. The Labute approximate surface area is 157 Å². The van der Waals surface area contributed by atoms with Crippen molar-refractivity contribution in [3.8, 4) is 5.75 Å². The molecule has 58 valence electrons. The van der Waals surface area contributed by atoms with Gasteiger partial charge in [-0.05, 0) is 12.1 Å². The van der Waals surface area contributed by atoms with Crippen molar-refractivity contribution in [3.05, 3.63) is 30.3 Å². The number of benzene rings is 1. The quantitative estimate of drug-likeness (QED) is 0.589. The summed E-state index contributed by atoms with van der Waals surface area (Å²) in [5, 5.41) is 0. The normalized spacial score (nSPS) is 10.4. The van der Waals surface area contributed by atoms with Crippen molar-refractivity contribution in [2.24, 2.45) is 0 Å². The first-order valence-corrected chi connectivity index (χ1v) is 4.01. The standard InChI is InChI=1S/C6H7O3P.2K.2H/c7-10(8)9-6-4-2-1-3-5-6;;;;/h1-5,10H,(H,7,8);;;;. The van der Waals surface area contributed by atoms with E-state index in [1.165, 1.54) is 0 Å². The van der Waals surface area contributed by atoms with Crippen molar-refractivity contribution in [2.45, 2.75) is 0 Å². The Hall–Kier alpha value is 2.48. The van der Waals surface area contributed by atoms with E-state index in [9.17, 15) is 4.57 Å². The predicted molar refractivity (Wildman–Crippen MR) is 52.6 cm³/mol. The molecule has 0 radical (unpaired) electrons. The molecule has 1 atom stereocenters. The molecular formula is C6H9K2O3P. The summed E-state index contributed by atoms with van der Waals surface area (Å²) in [4.78, 5) is 8.33. The van der Waals surface area contributed by atoms with Gasteiger partial charge in [-0.1, -0.05) is 18.2 Å². The summed E-state index contributed by atoms with van der Waals surface area (Å²) in [5.74, 6) is 0.425. The molecule has 1 aromatic rings. The molecule has 0 aliphatic carbocycles. The summed E-state index contributed by atoms with van der Waals surface area (Å²) < 4.78 is 14.6. The Balaban J connectivity index is 0.